The lowest BCUT2D eigenvalue weighted by Crippen LogP contribution is -2.48. The number of benzene rings is 2. The molecule has 0 bridgehead atoms. The van der Waals surface area contributed by atoms with Gasteiger partial charge in [0.05, 0.1) is 6.42 Å². The first-order valence-electron chi connectivity index (χ1n) is 10.5. The summed E-state index contributed by atoms with van der Waals surface area (Å²) in [5, 5.41) is 15.5. The molecule has 7 nitrogen and oxygen atoms in total. The zero-order chi connectivity index (χ0) is 23.4. The van der Waals surface area contributed by atoms with E-state index in [0.29, 0.717) is 6.54 Å². The predicted molar refractivity (Wildman–Crippen MR) is 125 cm³/mol. The predicted octanol–water partition coefficient (Wildman–Crippen LogP) is 4.09. The maximum Gasteiger partial charge on any atom is 0.407 e. The fourth-order valence-corrected chi connectivity index (χ4v) is 4.82. The fraction of sp³-hybridized carbons (Fsp3) is 0.240. The van der Waals surface area contributed by atoms with E-state index in [4.69, 9.17) is 4.74 Å². The highest BCUT2D eigenvalue weighted by atomic mass is 32.1. The van der Waals surface area contributed by atoms with Crippen LogP contribution in [0.5, 0.6) is 0 Å². The molecule has 2 N–H and O–H groups in total. The second-order valence-electron chi connectivity index (χ2n) is 7.95. The Balaban J connectivity index is 1.42. The maximum absolute atomic E-state index is 12.8. The third-order valence-corrected chi connectivity index (χ3v) is 6.42. The fourth-order valence-electron chi connectivity index (χ4n) is 4.16. The van der Waals surface area contributed by atoms with Gasteiger partial charge in [-0.05, 0) is 44.6 Å². The average Bonchev–Trinajstić information content (AvgIpc) is 3.42. The number of ether oxygens (including phenoxy) is 1. The molecule has 0 fully saturated rings. The molecule has 1 atom stereocenters. The van der Waals surface area contributed by atoms with Gasteiger partial charge < -0.3 is 20.1 Å². The van der Waals surface area contributed by atoms with Crippen LogP contribution in [0.3, 0.4) is 0 Å². The Kier molecular flexibility index (Phi) is 6.74. The minimum atomic E-state index is -1.22. The number of aliphatic carboxylic acids is 1. The smallest absolute Gasteiger partial charge is 0.407 e. The third kappa shape index (κ3) is 5.06. The normalized spacial score (nSPS) is 13.0. The summed E-state index contributed by atoms with van der Waals surface area (Å²) in [4.78, 5) is 38.1. The first kappa shape index (κ1) is 22.5. The van der Waals surface area contributed by atoms with Crippen molar-refractivity contribution in [3.8, 4) is 11.1 Å². The van der Waals surface area contributed by atoms with Crippen LogP contribution in [0.25, 0.3) is 11.1 Å². The first-order chi connectivity index (χ1) is 15.9. The van der Waals surface area contributed by atoms with Gasteiger partial charge >= 0.3 is 12.1 Å². The molecule has 8 heteroatoms. The molecular formula is C25H24N2O5S. The molecule has 1 heterocycles. The maximum atomic E-state index is 12.8. The number of rotatable bonds is 8. The second kappa shape index (κ2) is 9.87. The van der Waals surface area contributed by atoms with Crippen molar-refractivity contribution in [2.75, 3.05) is 13.7 Å². The van der Waals surface area contributed by atoms with E-state index in [-0.39, 0.29) is 12.5 Å². The molecule has 1 aromatic heterocycles. The van der Waals surface area contributed by atoms with Crippen molar-refractivity contribution in [2.24, 2.45) is 0 Å². The molecular weight excluding hydrogens is 440 g/mol. The van der Waals surface area contributed by atoms with Crippen molar-refractivity contribution < 1.29 is 24.2 Å². The van der Waals surface area contributed by atoms with Gasteiger partial charge in [-0.1, -0.05) is 48.5 Å². The standard InChI is InChI=1S/C25H24N2O5S/c1-27(13-16-10-11-33-15-16)24(30)22(12-23(28)29)26-25(31)32-14-21-19-8-4-2-6-17(19)18-7-3-5-9-20(18)21/h2-11,15,21-22H,12-14H2,1H3,(H,26,31)(H,28,29). The molecule has 0 spiro atoms. The number of hydrogen-bond donors (Lipinski definition) is 2. The number of thiophene rings is 1. The van der Waals surface area contributed by atoms with Crippen molar-refractivity contribution >= 4 is 29.3 Å². The van der Waals surface area contributed by atoms with Crippen LogP contribution < -0.4 is 5.32 Å². The topological polar surface area (TPSA) is 95.9 Å². The number of nitrogens with one attached hydrogen (secondary N) is 1. The van der Waals surface area contributed by atoms with Gasteiger partial charge in [0.1, 0.15) is 12.6 Å². The Morgan fingerprint density at radius 1 is 1.06 bits per heavy atom. The van der Waals surface area contributed by atoms with Crippen LogP contribution in [0.15, 0.2) is 65.4 Å². The van der Waals surface area contributed by atoms with Crippen LogP contribution in [-0.4, -0.2) is 47.7 Å². The van der Waals surface area contributed by atoms with Gasteiger partial charge in [0.2, 0.25) is 5.91 Å². The lowest BCUT2D eigenvalue weighted by Gasteiger charge is -2.23. The Hall–Kier alpha value is -3.65. The number of carbonyl (C=O) groups is 3. The zero-order valence-electron chi connectivity index (χ0n) is 18.1. The molecule has 3 aromatic rings. The lowest BCUT2D eigenvalue weighted by molar-refractivity contribution is -0.142. The van der Waals surface area contributed by atoms with Gasteiger partial charge in [0, 0.05) is 19.5 Å². The van der Waals surface area contributed by atoms with Crippen LogP contribution in [0.2, 0.25) is 0 Å². The molecule has 0 aliphatic heterocycles. The number of likely N-dealkylation sites (N-methyl/N-ethyl adjacent to an activating group) is 1. The summed E-state index contributed by atoms with van der Waals surface area (Å²) in [5.74, 6) is -1.80. The summed E-state index contributed by atoms with van der Waals surface area (Å²) in [5.41, 5.74) is 5.29. The molecule has 0 radical (unpaired) electrons. The van der Waals surface area contributed by atoms with Crippen molar-refractivity contribution in [3.63, 3.8) is 0 Å². The molecule has 0 saturated heterocycles. The van der Waals surface area contributed by atoms with Gasteiger partial charge in [0.25, 0.3) is 0 Å². The van der Waals surface area contributed by atoms with Crippen LogP contribution in [0, 0.1) is 0 Å². The van der Waals surface area contributed by atoms with Gasteiger partial charge in [-0.15, -0.1) is 0 Å². The van der Waals surface area contributed by atoms with Crippen molar-refractivity contribution in [2.45, 2.75) is 24.9 Å². The number of hydrogen-bond acceptors (Lipinski definition) is 5. The minimum Gasteiger partial charge on any atom is -0.481 e. The number of fused-ring (bicyclic) bond motifs is 3. The zero-order valence-corrected chi connectivity index (χ0v) is 18.9. The molecule has 1 aliphatic rings. The Morgan fingerprint density at radius 2 is 1.70 bits per heavy atom. The van der Waals surface area contributed by atoms with Gasteiger partial charge in [0.15, 0.2) is 0 Å². The van der Waals surface area contributed by atoms with E-state index in [1.165, 1.54) is 16.2 Å². The van der Waals surface area contributed by atoms with Crippen LogP contribution >= 0.6 is 11.3 Å². The van der Waals surface area contributed by atoms with Crippen LogP contribution in [-0.2, 0) is 20.9 Å². The van der Waals surface area contributed by atoms with Crippen molar-refractivity contribution in [1.29, 1.82) is 0 Å². The molecule has 170 valence electrons. The monoisotopic (exact) mass is 464 g/mol. The molecule has 1 unspecified atom stereocenters. The summed E-state index contributed by atoms with van der Waals surface area (Å²) in [6, 6.07) is 16.6. The number of carbonyl (C=O) groups excluding carboxylic acids is 2. The summed E-state index contributed by atoms with van der Waals surface area (Å²) in [7, 11) is 1.58. The van der Waals surface area contributed by atoms with E-state index in [1.807, 2.05) is 65.4 Å². The molecule has 2 amide bonds. The quantitative estimate of drug-likeness (QED) is 0.524. The van der Waals surface area contributed by atoms with Crippen molar-refractivity contribution in [1.82, 2.24) is 10.2 Å². The van der Waals surface area contributed by atoms with Crippen LogP contribution in [0.4, 0.5) is 4.79 Å². The summed E-state index contributed by atoms with van der Waals surface area (Å²) < 4.78 is 5.48. The molecule has 33 heavy (non-hydrogen) atoms. The first-order valence-corrected chi connectivity index (χ1v) is 11.5. The highest BCUT2D eigenvalue weighted by molar-refractivity contribution is 7.07. The molecule has 0 saturated carbocycles. The molecule has 2 aromatic carbocycles. The largest absolute Gasteiger partial charge is 0.481 e. The highest BCUT2D eigenvalue weighted by Crippen LogP contribution is 2.44. The Bertz CT molecular complexity index is 1120. The van der Waals surface area contributed by atoms with Crippen LogP contribution in [0.1, 0.15) is 29.0 Å². The van der Waals surface area contributed by atoms with E-state index in [2.05, 4.69) is 5.32 Å². The number of amides is 2. The lowest BCUT2D eigenvalue weighted by atomic mass is 9.98. The van der Waals surface area contributed by atoms with Gasteiger partial charge in [-0.3, -0.25) is 9.59 Å². The minimum absolute atomic E-state index is 0.0819. The number of nitrogens with zero attached hydrogens (tertiary/aromatic N) is 1. The number of carboxylic acids is 1. The van der Waals surface area contributed by atoms with E-state index in [9.17, 15) is 19.5 Å². The Labute approximate surface area is 195 Å². The average molecular weight is 465 g/mol. The molecule has 1 aliphatic carbocycles. The van der Waals surface area contributed by atoms with E-state index in [1.54, 1.807) is 7.05 Å². The van der Waals surface area contributed by atoms with Gasteiger partial charge in [-0.25, -0.2) is 4.79 Å². The number of alkyl carbamates (subject to hydrolysis) is 1. The van der Waals surface area contributed by atoms with Gasteiger partial charge in [-0.2, -0.15) is 11.3 Å². The Morgan fingerprint density at radius 3 is 2.27 bits per heavy atom. The summed E-state index contributed by atoms with van der Waals surface area (Å²) in [6.45, 7) is 0.406. The summed E-state index contributed by atoms with van der Waals surface area (Å²) in [6.07, 6.45) is -1.35. The second-order valence-corrected chi connectivity index (χ2v) is 8.73. The van der Waals surface area contributed by atoms with Crippen molar-refractivity contribution in [3.05, 3.63) is 82.0 Å². The third-order valence-electron chi connectivity index (χ3n) is 5.69. The van der Waals surface area contributed by atoms with E-state index < -0.39 is 30.4 Å². The van der Waals surface area contributed by atoms with E-state index in [0.717, 1.165) is 27.8 Å². The summed E-state index contributed by atoms with van der Waals surface area (Å²) >= 11 is 1.51. The SMILES string of the molecule is CN(Cc1ccsc1)C(=O)C(CC(=O)O)NC(=O)OCC1c2ccccc2-c2ccccc21. The van der Waals surface area contributed by atoms with E-state index >= 15 is 0 Å². The molecule has 4 rings (SSSR count). The highest BCUT2D eigenvalue weighted by Gasteiger charge is 2.31. The number of carboxylic acid groups (broad SMARTS) is 1.